The maximum absolute atomic E-state index is 13.5. The van der Waals surface area contributed by atoms with E-state index in [2.05, 4.69) is 11.8 Å². The second-order valence-corrected chi connectivity index (χ2v) is 8.94. The number of carbonyl (C=O) groups is 1. The molecule has 3 heterocycles. The summed E-state index contributed by atoms with van der Waals surface area (Å²) in [4.78, 5) is 26.6. The number of piperazine rings is 1. The van der Waals surface area contributed by atoms with Crippen molar-refractivity contribution in [2.75, 3.05) is 31.1 Å². The fourth-order valence-electron chi connectivity index (χ4n) is 4.51. The minimum Gasteiger partial charge on any atom is -0.352 e. The number of nitrogens with zero attached hydrogens (tertiary/aromatic N) is 6. The second-order valence-electron chi connectivity index (χ2n) is 8.94. The number of fused-ring (bicyclic) bond motifs is 1. The highest BCUT2D eigenvalue weighted by Gasteiger charge is 2.25. The second kappa shape index (κ2) is 10.3. The zero-order valence-corrected chi connectivity index (χ0v) is 20.6. The molecule has 0 saturated carbocycles. The SMILES string of the molecule is CCCc1nc(N2CCN(C(=O)/C=C/c3ccccc3)CC2)c2c(C)nn(-c3ccc(F)cc3)c2n1. The van der Waals surface area contributed by atoms with Crippen molar-refractivity contribution in [3.63, 3.8) is 0 Å². The molecule has 7 nitrogen and oxygen atoms in total. The van der Waals surface area contributed by atoms with Gasteiger partial charge in [0.2, 0.25) is 5.91 Å². The Bertz CT molecular complexity index is 1390. The van der Waals surface area contributed by atoms with Crippen molar-refractivity contribution < 1.29 is 9.18 Å². The first-order valence-electron chi connectivity index (χ1n) is 12.3. The van der Waals surface area contributed by atoms with Crippen molar-refractivity contribution in [1.29, 1.82) is 0 Å². The Hall–Kier alpha value is -4.07. The molecule has 0 unspecified atom stereocenters. The average molecular weight is 485 g/mol. The van der Waals surface area contributed by atoms with E-state index in [1.807, 2.05) is 48.2 Å². The molecular formula is C28H29FN6O. The van der Waals surface area contributed by atoms with E-state index in [9.17, 15) is 9.18 Å². The van der Waals surface area contributed by atoms with E-state index in [0.29, 0.717) is 26.2 Å². The van der Waals surface area contributed by atoms with Gasteiger partial charge in [-0.3, -0.25) is 4.79 Å². The number of rotatable bonds is 6. The van der Waals surface area contributed by atoms with E-state index in [1.54, 1.807) is 22.9 Å². The number of aromatic nitrogens is 4. The molecule has 1 fully saturated rings. The van der Waals surface area contributed by atoms with E-state index in [0.717, 1.165) is 52.5 Å². The van der Waals surface area contributed by atoms with Gasteiger partial charge in [0, 0.05) is 38.7 Å². The minimum absolute atomic E-state index is 0.0123. The highest BCUT2D eigenvalue weighted by Crippen LogP contribution is 2.30. The molecule has 4 aromatic rings. The number of halogens is 1. The van der Waals surface area contributed by atoms with Crippen LogP contribution in [0.1, 0.15) is 30.4 Å². The van der Waals surface area contributed by atoms with Gasteiger partial charge in [-0.2, -0.15) is 5.10 Å². The Morgan fingerprint density at radius 2 is 1.72 bits per heavy atom. The van der Waals surface area contributed by atoms with Crippen LogP contribution in [0.15, 0.2) is 60.7 Å². The summed E-state index contributed by atoms with van der Waals surface area (Å²) in [7, 11) is 0. The molecule has 0 radical (unpaired) electrons. The molecule has 1 aliphatic rings. The average Bonchev–Trinajstić information content (AvgIpc) is 3.24. The Kier molecular flexibility index (Phi) is 6.75. The van der Waals surface area contributed by atoms with E-state index in [4.69, 9.17) is 15.1 Å². The number of carbonyl (C=O) groups excluding carboxylic acids is 1. The Morgan fingerprint density at radius 3 is 2.42 bits per heavy atom. The van der Waals surface area contributed by atoms with Gasteiger partial charge in [-0.25, -0.2) is 19.0 Å². The molecule has 184 valence electrons. The third-order valence-corrected chi connectivity index (χ3v) is 6.38. The smallest absolute Gasteiger partial charge is 0.246 e. The summed E-state index contributed by atoms with van der Waals surface area (Å²) in [6.45, 7) is 6.61. The standard InChI is InChI=1S/C28H29FN6O/c1-3-7-24-30-27(26-20(2)32-35(28(26)31-24)23-13-11-22(29)12-14-23)34-18-16-33(17-19-34)25(36)15-10-21-8-5-4-6-9-21/h4-6,8-15H,3,7,16-19H2,1-2H3/b15-10+. The first kappa shape index (κ1) is 23.7. The lowest BCUT2D eigenvalue weighted by atomic mass is 10.2. The summed E-state index contributed by atoms with van der Waals surface area (Å²) < 4.78 is 15.3. The van der Waals surface area contributed by atoms with Gasteiger partial charge in [-0.1, -0.05) is 37.3 Å². The van der Waals surface area contributed by atoms with E-state index < -0.39 is 0 Å². The predicted octanol–water partition coefficient (Wildman–Crippen LogP) is 4.58. The van der Waals surface area contributed by atoms with Crippen LogP contribution in [0, 0.1) is 12.7 Å². The third-order valence-electron chi connectivity index (χ3n) is 6.38. The van der Waals surface area contributed by atoms with Gasteiger partial charge in [0.1, 0.15) is 17.5 Å². The largest absolute Gasteiger partial charge is 0.352 e. The van der Waals surface area contributed by atoms with Crippen LogP contribution >= 0.6 is 0 Å². The lowest BCUT2D eigenvalue weighted by Crippen LogP contribution is -2.48. The molecule has 1 saturated heterocycles. The highest BCUT2D eigenvalue weighted by molar-refractivity contribution is 5.93. The lowest BCUT2D eigenvalue weighted by molar-refractivity contribution is -0.126. The van der Waals surface area contributed by atoms with Gasteiger partial charge in [0.05, 0.1) is 16.8 Å². The third kappa shape index (κ3) is 4.84. The zero-order valence-electron chi connectivity index (χ0n) is 20.6. The molecule has 2 aromatic carbocycles. The molecule has 8 heteroatoms. The molecule has 5 rings (SSSR count). The normalized spacial score (nSPS) is 14.2. The van der Waals surface area contributed by atoms with Gasteiger partial charge >= 0.3 is 0 Å². The van der Waals surface area contributed by atoms with Crippen molar-refractivity contribution in [2.45, 2.75) is 26.7 Å². The number of aryl methyl sites for hydroxylation is 2. The topological polar surface area (TPSA) is 67.2 Å². The molecule has 1 amide bonds. The van der Waals surface area contributed by atoms with Crippen LogP contribution in [0.3, 0.4) is 0 Å². The summed E-state index contributed by atoms with van der Waals surface area (Å²) in [6, 6.07) is 16.1. The maximum atomic E-state index is 13.5. The molecule has 0 atom stereocenters. The van der Waals surface area contributed by atoms with Crippen LogP contribution in [-0.4, -0.2) is 56.7 Å². The zero-order chi connectivity index (χ0) is 25.1. The van der Waals surface area contributed by atoms with Crippen LogP contribution in [0.25, 0.3) is 22.8 Å². The monoisotopic (exact) mass is 484 g/mol. The summed E-state index contributed by atoms with van der Waals surface area (Å²) >= 11 is 0. The predicted molar refractivity (Wildman–Crippen MR) is 140 cm³/mol. The van der Waals surface area contributed by atoms with Crippen molar-refractivity contribution >= 4 is 28.8 Å². The fourth-order valence-corrected chi connectivity index (χ4v) is 4.51. The Labute approximate surface area is 209 Å². The maximum Gasteiger partial charge on any atom is 0.246 e. The first-order chi connectivity index (χ1) is 17.5. The van der Waals surface area contributed by atoms with E-state index in [1.165, 1.54) is 12.1 Å². The van der Waals surface area contributed by atoms with E-state index in [-0.39, 0.29) is 11.7 Å². The van der Waals surface area contributed by atoms with Crippen molar-refractivity contribution in [3.8, 4) is 5.69 Å². The van der Waals surface area contributed by atoms with Crippen molar-refractivity contribution in [2.24, 2.45) is 0 Å². The van der Waals surface area contributed by atoms with Crippen molar-refractivity contribution in [3.05, 3.63) is 83.6 Å². The number of hydrogen-bond acceptors (Lipinski definition) is 5. The van der Waals surface area contributed by atoms with E-state index >= 15 is 0 Å². The molecule has 2 aromatic heterocycles. The first-order valence-corrected chi connectivity index (χ1v) is 12.3. The van der Waals surface area contributed by atoms with Crippen LogP contribution in [0.4, 0.5) is 10.2 Å². The highest BCUT2D eigenvalue weighted by atomic mass is 19.1. The molecule has 0 bridgehead atoms. The van der Waals surface area contributed by atoms with Crippen LogP contribution < -0.4 is 4.90 Å². The summed E-state index contributed by atoms with van der Waals surface area (Å²) in [5.41, 5.74) is 3.29. The minimum atomic E-state index is -0.292. The molecule has 36 heavy (non-hydrogen) atoms. The lowest BCUT2D eigenvalue weighted by Gasteiger charge is -2.35. The number of anilines is 1. The summed E-state index contributed by atoms with van der Waals surface area (Å²) in [5.74, 6) is 1.33. The quantitative estimate of drug-likeness (QED) is 0.375. The van der Waals surface area contributed by atoms with Gasteiger partial charge in [-0.15, -0.1) is 0 Å². The number of hydrogen-bond donors (Lipinski definition) is 0. The van der Waals surface area contributed by atoms with Gasteiger partial charge in [0.15, 0.2) is 5.65 Å². The number of amides is 1. The van der Waals surface area contributed by atoms with Gasteiger partial charge in [0.25, 0.3) is 0 Å². The van der Waals surface area contributed by atoms with Gasteiger partial charge in [-0.05, 0) is 49.2 Å². The molecule has 0 spiro atoms. The van der Waals surface area contributed by atoms with Gasteiger partial charge < -0.3 is 9.80 Å². The molecule has 0 N–H and O–H groups in total. The van der Waals surface area contributed by atoms with Crippen LogP contribution in [0.2, 0.25) is 0 Å². The van der Waals surface area contributed by atoms with Crippen LogP contribution in [-0.2, 0) is 11.2 Å². The summed E-state index contributed by atoms with van der Waals surface area (Å²) in [6.07, 6.45) is 5.17. The number of benzene rings is 2. The Balaban J connectivity index is 1.41. The Morgan fingerprint density at radius 1 is 1.00 bits per heavy atom. The molecule has 0 aliphatic carbocycles. The fraction of sp³-hybridized carbons (Fsp3) is 0.286. The molecule has 1 aliphatic heterocycles. The molecular weight excluding hydrogens is 455 g/mol. The van der Waals surface area contributed by atoms with Crippen LogP contribution in [0.5, 0.6) is 0 Å². The summed E-state index contributed by atoms with van der Waals surface area (Å²) in [5, 5.41) is 5.63. The van der Waals surface area contributed by atoms with Crippen molar-refractivity contribution in [1.82, 2.24) is 24.6 Å².